The van der Waals surface area contributed by atoms with Crippen molar-refractivity contribution in [1.29, 1.82) is 5.26 Å². The lowest BCUT2D eigenvalue weighted by molar-refractivity contribution is -0.122. The Balaban J connectivity index is 1.73. The molecular weight excluding hydrogens is 334 g/mol. The molecule has 0 spiro atoms. The molecule has 2 aromatic rings. The quantitative estimate of drug-likeness (QED) is 0.878. The van der Waals surface area contributed by atoms with E-state index in [0.717, 1.165) is 17.7 Å². The van der Waals surface area contributed by atoms with Gasteiger partial charge >= 0.3 is 0 Å². The van der Waals surface area contributed by atoms with Crippen LogP contribution in [0.4, 0.5) is 0 Å². The Hall–Kier alpha value is -3.08. The van der Waals surface area contributed by atoms with E-state index in [0.29, 0.717) is 19.0 Å². The summed E-state index contributed by atoms with van der Waals surface area (Å²) in [7, 11) is 0. The number of nitriles is 1. The van der Waals surface area contributed by atoms with Crippen LogP contribution in [-0.4, -0.2) is 33.9 Å². The van der Waals surface area contributed by atoms with Crippen molar-refractivity contribution in [3.8, 4) is 17.6 Å². The van der Waals surface area contributed by atoms with Crippen LogP contribution in [0.1, 0.15) is 37.7 Å². The van der Waals surface area contributed by atoms with Gasteiger partial charge < -0.3 is 14.8 Å². The minimum atomic E-state index is -0.204. The number of hydrogen-bond donors (Lipinski definition) is 1. The van der Waals surface area contributed by atoms with E-state index in [1.807, 2.05) is 38.1 Å². The number of carbonyl (C=O) groups excluding carboxylic acids is 1. The molecule has 1 aliphatic rings. The molecular formula is C18H21N5O3. The van der Waals surface area contributed by atoms with Crippen molar-refractivity contribution in [2.24, 2.45) is 5.92 Å². The molecule has 26 heavy (non-hydrogen) atoms. The van der Waals surface area contributed by atoms with Crippen LogP contribution < -0.4 is 14.8 Å². The number of ether oxygens (including phenoxy) is 2. The highest BCUT2D eigenvalue weighted by Crippen LogP contribution is 2.34. The Kier molecular flexibility index (Phi) is 5.37. The van der Waals surface area contributed by atoms with Crippen LogP contribution in [0.3, 0.4) is 0 Å². The molecule has 1 aliphatic heterocycles. The summed E-state index contributed by atoms with van der Waals surface area (Å²) in [4.78, 5) is 16.2. The van der Waals surface area contributed by atoms with Crippen molar-refractivity contribution in [3.63, 3.8) is 0 Å². The van der Waals surface area contributed by atoms with E-state index in [4.69, 9.17) is 14.7 Å². The Labute approximate surface area is 151 Å². The number of aromatic nitrogens is 3. The summed E-state index contributed by atoms with van der Waals surface area (Å²) in [6.45, 7) is 5.33. The molecule has 1 atom stereocenters. The fourth-order valence-corrected chi connectivity index (χ4v) is 2.80. The number of amides is 1. The van der Waals surface area contributed by atoms with Gasteiger partial charge in [-0.3, -0.25) is 4.79 Å². The topological polar surface area (TPSA) is 102 Å². The monoisotopic (exact) mass is 355 g/mol. The van der Waals surface area contributed by atoms with Gasteiger partial charge in [0.15, 0.2) is 11.5 Å². The number of benzene rings is 1. The van der Waals surface area contributed by atoms with E-state index in [1.165, 1.54) is 11.0 Å². The van der Waals surface area contributed by atoms with Crippen molar-refractivity contribution in [2.45, 2.75) is 32.9 Å². The zero-order valence-electron chi connectivity index (χ0n) is 14.8. The second-order valence-electron chi connectivity index (χ2n) is 6.42. The van der Waals surface area contributed by atoms with Gasteiger partial charge in [-0.05, 0) is 23.6 Å². The summed E-state index contributed by atoms with van der Waals surface area (Å²) >= 11 is 0. The number of nitrogens with zero attached hydrogens (tertiary/aromatic N) is 4. The third-order valence-corrected chi connectivity index (χ3v) is 4.06. The third kappa shape index (κ3) is 4.11. The molecule has 0 radical (unpaired) electrons. The Bertz CT molecular complexity index is 824. The molecule has 2 heterocycles. The minimum absolute atomic E-state index is 0.00243. The van der Waals surface area contributed by atoms with Crippen LogP contribution in [0.2, 0.25) is 0 Å². The number of nitrogens with one attached hydrogen (secondary N) is 1. The summed E-state index contributed by atoms with van der Waals surface area (Å²) < 4.78 is 12.7. The van der Waals surface area contributed by atoms with E-state index in [-0.39, 0.29) is 30.2 Å². The summed E-state index contributed by atoms with van der Waals surface area (Å²) in [5.74, 6) is 1.45. The van der Waals surface area contributed by atoms with E-state index in [2.05, 4.69) is 15.4 Å². The van der Waals surface area contributed by atoms with Crippen LogP contribution in [0.5, 0.6) is 11.5 Å². The van der Waals surface area contributed by atoms with Gasteiger partial charge in [-0.2, -0.15) is 5.26 Å². The summed E-state index contributed by atoms with van der Waals surface area (Å²) in [5, 5.41) is 15.7. The highest BCUT2D eigenvalue weighted by atomic mass is 16.5. The molecule has 136 valence electrons. The lowest BCUT2D eigenvalue weighted by Crippen LogP contribution is -2.34. The number of carbonyl (C=O) groups is 1. The lowest BCUT2D eigenvalue weighted by atomic mass is 9.95. The molecule has 0 aliphatic carbocycles. The molecule has 0 bridgehead atoms. The molecule has 1 aromatic heterocycles. The first-order valence-electron chi connectivity index (χ1n) is 8.55. The second-order valence-corrected chi connectivity index (χ2v) is 6.42. The summed E-state index contributed by atoms with van der Waals surface area (Å²) in [6, 6.07) is 7.41. The molecule has 1 aromatic carbocycles. The second kappa shape index (κ2) is 7.87. The van der Waals surface area contributed by atoms with Crippen LogP contribution >= 0.6 is 0 Å². The summed E-state index contributed by atoms with van der Waals surface area (Å²) in [6.07, 6.45) is 2.22. The van der Waals surface area contributed by atoms with Crippen LogP contribution in [0, 0.1) is 17.2 Å². The molecule has 0 saturated heterocycles. The zero-order valence-corrected chi connectivity index (χ0v) is 14.8. The maximum atomic E-state index is 12.4. The smallest absolute Gasteiger partial charge is 0.252 e. The fourth-order valence-electron chi connectivity index (χ4n) is 2.80. The average molecular weight is 355 g/mol. The van der Waals surface area contributed by atoms with Gasteiger partial charge in [0.25, 0.3) is 5.82 Å². The highest BCUT2D eigenvalue weighted by molar-refractivity contribution is 5.76. The first kappa shape index (κ1) is 17.7. The van der Waals surface area contributed by atoms with E-state index in [1.54, 1.807) is 0 Å². The molecule has 1 N–H and O–H groups in total. The van der Waals surface area contributed by atoms with Crippen molar-refractivity contribution < 1.29 is 14.3 Å². The molecule has 0 saturated carbocycles. The van der Waals surface area contributed by atoms with Gasteiger partial charge in [0.05, 0.1) is 19.3 Å². The Morgan fingerprint density at radius 1 is 1.35 bits per heavy atom. The van der Waals surface area contributed by atoms with Crippen LogP contribution in [0.25, 0.3) is 0 Å². The third-order valence-electron chi connectivity index (χ3n) is 4.06. The SMILES string of the molecule is CC(C)[C@H](NC(=O)Cn1cnc(C#N)n1)c1ccc2c(c1)OCCCO2. The fraction of sp³-hybridized carbons (Fsp3) is 0.444. The summed E-state index contributed by atoms with van der Waals surface area (Å²) in [5.41, 5.74) is 0.953. The predicted octanol–water partition coefficient (Wildman–Crippen LogP) is 1.82. The van der Waals surface area contributed by atoms with Gasteiger partial charge in [0, 0.05) is 6.42 Å². The molecule has 3 rings (SSSR count). The standard InChI is InChI=1S/C18H21N5O3/c1-12(2)18(21-17(24)10-23-11-20-16(9-19)22-23)13-4-5-14-15(8-13)26-7-3-6-25-14/h4-5,8,11-12,18H,3,6-7,10H2,1-2H3,(H,21,24)/t18-/m0/s1. The van der Waals surface area contributed by atoms with Gasteiger partial charge in [-0.1, -0.05) is 19.9 Å². The first-order chi connectivity index (χ1) is 12.6. The molecule has 0 fully saturated rings. The van der Waals surface area contributed by atoms with Crippen LogP contribution in [0.15, 0.2) is 24.5 Å². The van der Waals surface area contributed by atoms with Gasteiger partial charge in [0.2, 0.25) is 5.91 Å². The Morgan fingerprint density at radius 3 is 2.81 bits per heavy atom. The normalized spacial score (nSPS) is 14.4. The molecule has 8 nitrogen and oxygen atoms in total. The first-order valence-corrected chi connectivity index (χ1v) is 8.55. The maximum Gasteiger partial charge on any atom is 0.252 e. The molecule has 1 amide bonds. The van der Waals surface area contributed by atoms with Crippen molar-refractivity contribution in [3.05, 3.63) is 35.9 Å². The lowest BCUT2D eigenvalue weighted by Gasteiger charge is -2.24. The van der Waals surface area contributed by atoms with Crippen molar-refractivity contribution in [2.75, 3.05) is 13.2 Å². The van der Waals surface area contributed by atoms with Gasteiger partial charge in [0.1, 0.15) is 18.9 Å². The van der Waals surface area contributed by atoms with Crippen molar-refractivity contribution >= 4 is 5.91 Å². The highest BCUT2D eigenvalue weighted by Gasteiger charge is 2.21. The molecule has 8 heteroatoms. The zero-order chi connectivity index (χ0) is 18.5. The van der Waals surface area contributed by atoms with Crippen LogP contribution in [-0.2, 0) is 11.3 Å². The molecule has 0 unspecified atom stereocenters. The minimum Gasteiger partial charge on any atom is -0.490 e. The number of rotatable bonds is 5. The Morgan fingerprint density at radius 2 is 2.12 bits per heavy atom. The largest absolute Gasteiger partial charge is 0.490 e. The van der Waals surface area contributed by atoms with Crippen molar-refractivity contribution in [1.82, 2.24) is 20.1 Å². The van der Waals surface area contributed by atoms with Gasteiger partial charge in [-0.25, -0.2) is 9.67 Å². The van der Waals surface area contributed by atoms with E-state index < -0.39 is 0 Å². The average Bonchev–Trinajstić information content (AvgIpc) is 2.94. The van der Waals surface area contributed by atoms with E-state index in [9.17, 15) is 4.79 Å². The van der Waals surface area contributed by atoms with E-state index >= 15 is 0 Å². The number of fused-ring (bicyclic) bond motifs is 1. The van der Waals surface area contributed by atoms with Gasteiger partial charge in [-0.15, -0.1) is 5.10 Å². The maximum absolute atomic E-state index is 12.4. The predicted molar refractivity (Wildman–Crippen MR) is 92.5 cm³/mol. The number of hydrogen-bond acceptors (Lipinski definition) is 6.